The minimum absolute atomic E-state index is 0.172. The molecule has 0 aromatic heterocycles. The van der Waals surface area contributed by atoms with E-state index in [4.69, 9.17) is 0 Å². The van der Waals surface area contributed by atoms with Gasteiger partial charge in [0.25, 0.3) is 0 Å². The van der Waals surface area contributed by atoms with Crippen LogP contribution in [0.2, 0.25) is 32.6 Å². The molecule has 60 valence electrons. The van der Waals surface area contributed by atoms with E-state index >= 15 is 0 Å². The first-order chi connectivity index (χ1) is 4.42. The second-order valence-corrected chi connectivity index (χ2v) is 6.00. The molecule has 0 nitrogen and oxygen atoms in total. The molecular formula is C6H15BF2Si. The van der Waals surface area contributed by atoms with Gasteiger partial charge >= 0.3 is 8.74 Å². The van der Waals surface area contributed by atoms with Gasteiger partial charge in [0.1, 0.15) is 6.71 Å². The van der Waals surface area contributed by atoms with Gasteiger partial charge < -0.3 is 0 Å². The summed E-state index contributed by atoms with van der Waals surface area (Å²) in [6.07, 6.45) is 1.64. The van der Waals surface area contributed by atoms with Gasteiger partial charge in [-0.3, -0.25) is 8.22 Å². The van der Waals surface area contributed by atoms with Crippen molar-refractivity contribution >= 4 is 15.5 Å². The molecule has 0 N–H and O–H groups in total. The summed E-state index contributed by atoms with van der Waals surface area (Å²) < 4.78 is 24.6. The molecule has 0 aromatic carbocycles. The van der Waals surface area contributed by atoms with Crippen molar-refractivity contribution in [1.29, 1.82) is 0 Å². The third kappa shape index (κ3) is 8.14. The molecule has 10 heavy (non-hydrogen) atoms. The van der Waals surface area contributed by atoms with Crippen molar-refractivity contribution in [3.63, 3.8) is 0 Å². The molecule has 0 atom stereocenters. The van der Waals surface area contributed by atoms with E-state index in [0.29, 0.717) is 13.1 Å². The minimum atomic E-state index is -3.72. The van der Waals surface area contributed by atoms with Crippen LogP contribution in [-0.4, -0.2) is 15.5 Å². The predicted molar refractivity (Wildman–Crippen MR) is 45.5 cm³/mol. The largest absolute Gasteiger partial charge is 0.422 e. The molecule has 0 unspecified atom stereocenters. The fraction of sp³-hybridized carbons (Fsp3) is 1.00. The topological polar surface area (TPSA) is 0 Å². The second-order valence-electron chi connectivity index (χ2n) is 3.36. The molecule has 0 aromatic rings. The standard InChI is InChI=1S/C6H15BF2Si/c1-7(2)5-4-6-10(3,8)9/h4-6H2,1-3H3. The molecule has 0 amide bonds. The zero-order valence-electron chi connectivity index (χ0n) is 6.95. The van der Waals surface area contributed by atoms with Crippen molar-refractivity contribution in [2.24, 2.45) is 0 Å². The summed E-state index contributed by atoms with van der Waals surface area (Å²) >= 11 is 0. The van der Waals surface area contributed by atoms with Crippen LogP contribution in [0.1, 0.15) is 6.42 Å². The van der Waals surface area contributed by atoms with Crippen LogP contribution in [0.25, 0.3) is 0 Å². The summed E-state index contributed by atoms with van der Waals surface area (Å²) in [5.41, 5.74) is 0. The molecule has 0 radical (unpaired) electrons. The lowest BCUT2D eigenvalue weighted by atomic mass is 9.52. The molecule has 0 rings (SSSR count). The predicted octanol–water partition coefficient (Wildman–Crippen LogP) is 3.14. The highest BCUT2D eigenvalue weighted by atomic mass is 28.4. The highest BCUT2D eigenvalue weighted by Gasteiger charge is 2.26. The van der Waals surface area contributed by atoms with E-state index in [-0.39, 0.29) is 6.04 Å². The highest BCUT2D eigenvalue weighted by Crippen LogP contribution is 2.17. The van der Waals surface area contributed by atoms with Crippen LogP contribution in [0.15, 0.2) is 0 Å². The summed E-state index contributed by atoms with van der Waals surface area (Å²) in [6.45, 7) is 5.81. The van der Waals surface area contributed by atoms with Crippen LogP contribution in [0.3, 0.4) is 0 Å². The monoisotopic (exact) mass is 164 g/mol. The van der Waals surface area contributed by atoms with Crippen LogP contribution >= 0.6 is 0 Å². The fourth-order valence-electron chi connectivity index (χ4n) is 0.821. The SMILES string of the molecule is CB(C)CCC[Si](C)(F)F. The van der Waals surface area contributed by atoms with Gasteiger partial charge in [-0.25, -0.2) is 0 Å². The van der Waals surface area contributed by atoms with E-state index in [0.717, 1.165) is 12.9 Å². The summed E-state index contributed by atoms with van der Waals surface area (Å²) in [6, 6.07) is 0.172. The van der Waals surface area contributed by atoms with E-state index in [1.165, 1.54) is 0 Å². The maximum absolute atomic E-state index is 12.3. The first kappa shape index (κ1) is 10.1. The van der Waals surface area contributed by atoms with Crippen LogP contribution in [0, 0.1) is 0 Å². The van der Waals surface area contributed by atoms with E-state index in [1.54, 1.807) is 0 Å². The summed E-state index contributed by atoms with van der Waals surface area (Å²) in [7, 11) is -3.72. The quantitative estimate of drug-likeness (QED) is 0.442. The Hall–Kier alpha value is 0.142. The van der Waals surface area contributed by atoms with Gasteiger partial charge in [-0.1, -0.05) is 26.4 Å². The molecule has 0 aliphatic heterocycles. The van der Waals surface area contributed by atoms with Gasteiger partial charge in [0.15, 0.2) is 0 Å². The van der Waals surface area contributed by atoms with Gasteiger partial charge in [-0.05, 0) is 12.6 Å². The molecule has 0 fully saturated rings. The van der Waals surface area contributed by atoms with E-state index in [1.807, 2.05) is 0 Å². The van der Waals surface area contributed by atoms with Crippen LogP contribution < -0.4 is 0 Å². The average molecular weight is 164 g/mol. The maximum atomic E-state index is 12.3. The Morgan fingerprint density at radius 1 is 1.30 bits per heavy atom. The smallest absolute Gasteiger partial charge is 0.271 e. The minimum Gasteiger partial charge on any atom is -0.271 e. The Kier molecular flexibility index (Phi) is 4.17. The van der Waals surface area contributed by atoms with E-state index in [2.05, 4.69) is 13.6 Å². The Bertz CT molecular complexity index is 90.2. The molecule has 0 bridgehead atoms. The van der Waals surface area contributed by atoms with Crippen molar-refractivity contribution in [3.8, 4) is 0 Å². The number of halogens is 2. The van der Waals surface area contributed by atoms with Crippen LogP contribution in [0.5, 0.6) is 0 Å². The lowest BCUT2D eigenvalue weighted by Crippen LogP contribution is -2.16. The molecule has 0 heterocycles. The molecule has 4 heteroatoms. The Balaban J connectivity index is 3.21. The van der Waals surface area contributed by atoms with Gasteiger partial charge in [-0.15, -0.1) is 0 Å². The van der Waals surface area contributed by atoms with Crippen molar-refractivity contribution in [2.45, 2.75) is 39.0 Å². The van der Waals surface area contributed by atoms with Crippen molar-refractivity contribution < 1.29 is 8.22 Å². The molecule has 0 aliphatic rings. The van der Waals surface area contributed by atoms with E-state index < -0.39 is 8.74 Å². The first-order valence-corrected chi connectivity index (χ1v) is 6.26. The van der Waals surface area contributed by atoms with E-state index in [9.17, 15) is 8.22 Å². The number of hydrogen-bond acceptors (Lipinski definition) is 0. The van der Waals surface area contributed by atoms with Crippen LogP contribution in [0.4, 0.5) is 8.22 Å². The molecule has 0 saturated heterocycles. The third-order valence-electron chi connectivity index (χ3n) is 1.40. The molecular weight excluding hydrogens is 149 g/mol. The van der Waals surface area contributed by atoms with Gasteiger partial charge in [0.2, 0.25) is 0 Å². The van der Waals surface area contributed by atoms with Gasteiger partial charge in [-0.2, -0.15) is 0 Å². The zero-order chi connectivity index (χ0) is 8.20. The van der Waals surface area contributed by atoms with Crippen LogP contribution in [-0.2, 0) is 0 Å². The van der Waals surface area contributed by atoms with Crippen molar-refractivity contribution in [3.05, 3.63) is 0 Å². The zero-order valence-corrected chi connectivity index (χ0v) is 7.95. The Morgan fingerprint density at radius 3 is 2.10 bits per heavy atom. The highest BCUT2D eigenvalue weighted by molar-refractivity contribution is 6.64. The maximum Gasteiger partial charge on any atom is 0.422 e. The number of rotatable bonds is 4. The van der Waals surface area contributed by atoms with Crippen molar-refractivity contribution in [1.82, 2.24) is 0 Å². The first-order valence-electron chi connectivity index (χ1n) is 3.79. The number of hydrogen-bond donors (Lipinski definition) is 0. The Morgan fingerprint density at radius 2 is 1.80 bits per heavy atom. The molecule has 0 aliphatic carbocycles. The lowest BCUT2D eigenvalue weighted by Gasteiger charge is -2.05. The van der Waals surface area contributed by atoms with Crippen molar-refractivity contribution in [2.75, 3.05) is 0 Å². The average Bonchev–Trinajstić information content (AvgIpc) is 1.59. The van der Waals surface area contributed by atoms with Gasteiger partial charge in [0.05, 0.1) is 0 Å². The Labute approximate surface area is 63.4 Å². The molecule has 0 saturated carbocycles. The lowest BCUT2D eigenvalue weighted by molar-refractivity contribution is 0.602. The second kappa shape index (κ2) is 4.11. The van der Waals surface area contributed by atoms with Gasteiger partial charge in [0, 0.05) is 0 Å². The summed E-state index contributed by atoms with van der Waals surface area (Å²) in [5, 5.41) is 0. The summed E-state index contributed by atoms with van der Waals surface area (Å²) in [4.78, 5) is 0. The third-order valence-corrected chi connectivity index (χ3v) is 2.63. The fourth-order valence-corrected chi connectivity index (χ4v) is 1.65. The normalized spacial score (nSPS) is 11.7. The molecule has 0 spiro atoms. The summed E-state index contributed by atoms with van der Waals surface area (Å²) in [5.74, 6) is 0.